The number of hydrogen-bond donors (Lipinski definition) is 3. The van der Waals surface area contributed by atoms with E-state index in [4.69, 9.17) is 19.3 Å². The monoisotopic (exact) mass is 408 g/mol. The standard InChI is InChI=1S/C19H24N2O6S/c20-28(23,24)17-4-1-14(2-5-17)7-8-21-10-16(22)12-25-11-15-3-6-18-19(9-15)27-13-26-18/h1-6,9,16,21-22H,7-8,10-13H2,(H2,20,23,24)/t16-/m1/s1. The lowest BCUT2D eigenvalue weighted by Gasteiger charge is -2.13. The summed E-state index contributed by atoms with van der Waals surface area (Å²) in [5, 5.41) is 18.2. The minimum atomic E-state index is -3.66. The second-order valence-corrected chi connectivity index (χ2v) is 8.06. The van der Waals surface area contributed by atoms with Gasteiger partial charge in [-0.15, -0.1) is 0 Å². The molecule has 1 aliphatic heterocycles. The highest BCUT2D eigenvalue weighted by Crippen LogP contribution is 2.32. The van der Waals surface area contributed by atoms with Crippen LogP contribution >= 0.6 is 0 Å². The number of nitrogens with two attached hydrogens (primary N) is 1. The first-order valence-electron chi connectivity index (χ1n) is 8.88. The molecule has 0 unspecified atom stereocenters. The van der Waals surface area contributed by atoms with E-state index in [1.165, 1.54) is 12.1 Å². The van der Waals surface area contributed by atoms with Gasteiger partial charge in [-0.25, -0.2) is 13.6 Å². The summed E-state index contributed by atoms with van der Waals surface area (Å²) in [6.45, 7) is 1.87. The molecule has 0 saturated heterocycles. The molecule has 4 N–H and O–H groups in total. The predicted octanol–water partition coefficient (Wildman–Crippen LogP) is 0.773. The molecular weight excluding hydrogens is 384 g/mol. The van der Waals surface area contributed by atoms with Crippen LogP contribution in [-0.2, 0) is 27.8 Å². The van der Waals surface area contributed by atoms with Crippen molar-refractivity contribution in [1.29, 1.82) is 0 Å². The maximum Gasteiger partial charge on any atom is 0.238 e. The molecule has 0 aliphatic carbocycles. The Morgan fingerprint density at radius 2 is 1.82 bits per heavy atom. The van der Waals surface area contributed by atoms with Crippen molar-refractivity contribution < 1.29 is 27.7 Å². The molecule has 0 saturated carbocycles. The molecule has 3 rings (SSSR count). The van der Waals surface area contributed by atoms with E-state index in [1.54, 1.807) is 12.1 Å². The minimum Gasteiger partial charge on any atom is -0.454 e. The Kier molecular flexibility index (Phi) is 6.87. The molecule has 1 aliphatic rings. The number of aliphatic hydroxyl groups is 1. The number of rotatable bonds is 10. The van der Waals surface area contributed by atoms with Gasteiger partial charge >= 0.3 is 0 Å². The van der Waals surface area contributed by atoms with Crippen LogP contribution in [0.2, 0.25) is 0 Å². The smallest absolute Gasteiger partial charge is 0.238 e. The van der Waals surface area contributed by atoms with Gasteiger partial charge in [0.05, 0.1) is 24.2 Å². The molecule has 9 heteroatoms. The van der Waals surface area contributed by atoms with Gasteiger partial charge in [0.2, 0.25) is 16.8 Å². The summed E-state index contributed by atoms with van der Waals surface area (Å²) in [4.78, 5) is 0.0965. The van der Waals surface area contributed by atoms with Crippen LogP contribution in [0.1, 0.15) is 11.1 Å². The van der Waals surface area contributed by atoms with Gasteiger partial charge in [-0.05, 0) is 48.4 Å². The van der Waals surface area contributed by atoms with Crippen LogP contribution in [0.3, 0.4) is 0 Å². The molecule has 8 nitrogen and oxygen atoms in total. The lowest BCUT2D eigenvalue weighted by Crippen LogP contribution is -2.31. The minimum absolute atomic E-state index is 0.0965. The lowest BCUT2D eigenvalue weighted by atomic mass is 10.1. The maximum absolute atomic E-state index is 11.2. The fourth-order valence-electron chi connectivity index (χ4n) is 2.75. The highest BCUT2D eigenvalue weighted by atomic mass is 32.2. The number of benzene rings is 2. The van der Waals surface area contributed by atoms with Crippen LogP contribution in [-0.4, -0.2) is 46.1 Å². The van der Waals surface area contributed by atoms with Crippen LogP contribution < -0.4 is 19.9 Å². The number of primary sulfonamides is 1. The van der Waals surface area contributed by atoms with E-state index in [-0.39, 0.29) is 18.3 Å². The fraction of sp³-hybridized carbons (Fsp3) is 0.368. The zero-order valence-corrected chi connectivity index (χ0v) is 16.2. The van der Waals surface area contributed by atoms with Crippen molar-refractivity contribution in [2.75, 3.05) is 26.5 Å². The molecule has 2 aromatic rings. The van der Waals surface area contributed by atoms with Crippen LogP contribution in [0.5, 0.6) is 11.5 Å². The number of ether oxygens (including phenoxy) is 3. The first kappa shape index (κ1) is 20.6. The SMILES string of the molecule is NS(=O)(=O)c1ccc(CCNC[C@@H](O)COCc2ccc3c(c2)OCO3)cc1. The molecule has 2 aromatic carbocycles. The summed E-state index contributed by atoms with van der Waals surface area (Å²) in [5.74, 6) is 1.44. The van der Waals surface area contributed by atoms with E-state index < -0.39 is 16.1 Å². The Bertz CT molecular complexity index is 886. The van der Waals surface area contributed by atoms with Gasteiger partial charge in [-0.3, -0.25) is 0 Å². The van der Waals surface area contributed by atoms with Crippen LogP contribution in [0, 0.1) is 0 Å². The third-order valence-electron chi connectivity index (χ3n) is 4.24. The third kappa shape index (κ3) is 5.91. The Balaban J connectivity index is 1.31. The number of nitrogens with one attached hydrogen (secondary N) is 1. The van der Waals surface area contributed by atoms with Crippen molar-refractivity contribution in [3.05, 3.63) is 53.6 Å². The Morgan fingerprint density at radius 3 is 2.57 bits per heavy atom. The Hall–Kier alpha value is -2.17. The fourth-order valence-corrected chi connectivity index (χ4v) is 3.27. The zero-order valence-electron chi connectivity index (χ0n) is 15.3. The van der Waals surface area contributed by atoms with Crippen molar-refractivity contribution in [3.8, 4) is 11.5 Å². The van der Waals surface area contributed by atoms with E-state index >= 15 is 0 Å². The number of sulfonamides is 1. The zero-order chi connectivity index (χ0) is 20.0. The van der Waals surface area contributed by atoms with Crippen molar-refractivity contribution >= 4 is 10.0 Å². The topological polar surface area (TPSA) is 120 Å². The van der Waals surface area contributed by atoms with E-state index in [0.29, 0.717) is 31.9 Å². The van der Waals surface area contributed by atoms with E-state index in [1.807, 2.05) is 18.2 Å². The molecule has 0 radical (unpaired) electrons. The molecule has 1 atom stereocenters. The summed E-state index contributed by atoms with van der Waals surface area (Å²) in [6, 6.07) is 12.0. The summed E-state index contributed by atoms with van der Waals surface area (Å²) >= 11 is 0. The summed E-state index contributed by atoms with van der Waals surface area (Å²) in [6.07, 6.45) is 0.0779. The molecule has 0 spiro atoms. The number of aliphatic hydroxyl groups excluding tert-OH is 1. The highest BCUT2D eigenvalue weighted by Gasteiger charge is 2.13. The number of hydrogen-bond acceptors (Lipinski definition) is 7. The van der Waals surface area contributed by atoms with Gasteiger partial charge in [-0.1, -0.05) is 18.2 Å². The normalized spacial score (nSPS) is 14.2. The van der Waals surface area contributed by atoms with E-state index in [9.17, 15) is 13.5 Å². The predicted molar refractivity (Wildman–Crippen MR) is 103 cm³/mol. The van der Waals surface area contributed by atoms with Gasteiger partial charge < -0.3 is 24.6 Å². The molecular formula is C19H24N2O6S. The molecule has 1 heterocycles. The second kappa shape index (κ2) is 9.35. The second-order valence-electron chi connectivity index (χ2n) is 6.50. The van der Waals surface area contributed by atoms with E-state index in [2.05, 4.69) is 5.32 Å². The Labute approximate surface area is 164 Å². The van der Waals surface area contributed by atoms with Crippen LogP contribution in [0.4, 0.5) is 0 Å². The van der Waals surface area contributed by atoms with Crippen molar-refractivity contribution in [2.45, 2.75) is 24.0 Å². The molecule has 0 amide bonds. The third-order valence-corrected chi connectivity index (χ3v) is 5.17. The van der Waals surface area contributed by atoms with Gasteiger partial charge in [0.15, 0.2) is 11.5 Å². The van der Waals surface area contributed by atoms with Crippen LogP contribution in [0.25, 0.3) is 0 Å². The summed E-state index contributed by atoms with van der Waals surface area (Å²) in [7, 11) is -3.66. The van der Waals surface area contributed by atoms with Crippen molar-refractivity contribution in [2.24, 2.45) is 5.14 Å². The van der Waals surface area contributed by atoms with E-state index in [0.717, 1.165) is 16.9 Å². The molecule has 0 bridgehead atoms. The van der Waals surface area contributed by atoms with Gasteiger partial charge in [0.25, 0.3) is 0 Å². The largest absolute Gasteiger partial charge is 0.454 e. The highest BCUT2D eigenvalue weighted by molar-refractivity contribution is 7.89. The van der Waals surface area contributed by atoms with Gasteiger partial charge in [0, 0.05) is 6.54 Å². The molecule has 152 valence electrons. The quantitative estimate of drug-likeness (QED) is 0.497. The Morgan fingerprint density at radius 1 is 1.11 bits per heavy atom. The van der Waals surface area contributed by atoms with Crippen LogP contribution in [0.15, 0.2) is 47.4 Å². The first-order chi connectivity index (χ1) is 13.4. The van der Waals surface area contributed by atoms with Gasteiger partial charge in [0.1, 0.15) is 0 Å². The molecule has 28 heavy (non-hydrogen) atoms. The average Bonchev–Trinajstić information content (AvgIpc) is 3.13. The first-order valence-corrected chi connectivity index (χ1v) is 10.4. The van der Waals surface area contributed by atoms with Crippen molar-refractivity contribution in [3.63, 3.8) is 0 Å². The summed E-state index contributed by atoms with van der Waals surface area (Å²) < 4.78 is 38.6. The van der Waals surface area contributed by atoms with Crippen molar-refractivity contribution in [1.82, 2.24) is 5.32 Å². The lowest BCUT2D eigenvalue weighted by molar-refractivity contribution is 0.0289. The maximum atomic E-state index is 11.2. The van der Waals surface area contributed by atoms with Gasteiger partial charge in [-0.2, -0.15) is 0 Å². The molecule has 0 fully saturated rings. The number of fused-ring (bicyclic) bond motifs is 1. The summed E-state index contributed by atoms with van der Waals surface area (Å²) in [5.41, 5.74) is 1.93. The molecule has 0 aromatic heterocycles. The average molecular weight is 408 g/mol.